The monoisotopic (exact) mass is 224 g/mol. The summed E-state index contributed by atoms with van der Waals surface area (Å²) < 4.78 is 0. The molecule has 0 aliphatic carbocycles. The number of fused-ring (bicyclic) bond motifs is 1. The van der Waals surface area contributed by atoms with Gasteiger partial charge in [-0.05, 0) is 26.3 Å². The molecule has 0 aromatic rings. The minimum Gasteiger partial charge on any atom is -0.387 e. The van der Waals surface area contributed by atoms with Crippen molar-refractivity contribution in [1.29, 1.82) is 5.41 Å². The second-order valence-corrected chi connectivity index (χ2v) is 5.45. The molecule has 0 saturated carbocycles. The van der Waals surface area contributed by atoms with E-state index in [4.69, 9.17) is 11.1 Å². The summed E-state index contributed by atoms with van der Waals surface area (Å²) in [5.74, 6) is 0.511. The summed E-state index contributed by atoms with van der Waals surface area (Å²) in [6, 6.07) is 1.37. The lowest BCUT2D eigenvalue weighted by molar-refractivity contribution is 0.0551. The van der Waals surface area contributed by atoms with E-state index >= 15 is 0 Å². The fraction of sp³-hybridized carbons (Fsp3) is 0.917. The van der Waals surface area contributed by atoms with Gasteiger partial charge < -0.3 is 5.73 Å². The lowest BCUT2D eigenvalue weighted by Gasteiger charge is -2.43. The Labute approximate surface area is 98.3 Å². The first kappa shape index (κ1) is 11.9. The molecule has 92 valence electrons. The van der Waals surface area contributed by atoms with Crippen LogP contribution in [0.2, 0.25) is 0 Å². The van der Waals surface area contributed by atoms with Gasteiger partial charge in [0.25, 0.3) is 0 Å². The van der Waals surface area contributed by atoms with E-state index in [1.54, 1.807) is 0 Å². The van der Waals surface area contributed by atoms with Crippen molar-refractivity contribution in [2.45, 2.75) is 38.8 Å². The Hall–Kier alpha value is -0.610. The van der Waals surface area contributed by atoms with Crippen molar-refractivity contribution in [2.24, 2.45) is 11.7 Å². The van der Waals surface area contributed by atoms with E-state index in [1.807, 2.05) is 0 Å². The minimum atomic E-state index is 0.190. The third-order valence-corrected chi connectivity index (χ3v) is 4.11. The average Bonchev–Trinajstić information content (AvgIpc) is 2.65. The van der Waals surface area contributed by atoms with Gasteiger partial charge in [-0.1, -0.05) is 6.92 Å². The van der Waals surface area contributed by atoms with E-state index in [1.165, 1.54) is 32.5 Å². The molecular formula is C12H24N4. The van der Waals surface area contributed by atoms with Crippen LogP contribution in [0.15, 0.2) is 0 Å². The molecule has 4 heteroatoms. The van der Waals surface area contributed by atoms with Gasteiger partial charge in [0.05, 0.1) is 5.84 Å². The summed E-state index contributed by atoms with van der Waals surface area (Å²) in [6.07, 6.45) is 2.70. The molecule has 2 rings (SSSR count). The summed E-state index contributed by atoms with van der Waals surface area (Å²) in [5, 5.41) is 7.47. The van der Waals surface area contributed by atoms with Gasteiger partial charge in [-0.15, -0.1) is 0 Å². The summed E-state index contributed by atoms with van der Waals surface area (Å²) in [4.78, 5) is 5.14. The Bertz CT molecular complexity index is 266. The molecule has 0 aromatic carbocycles. The predicted octanol–water partition coefficient (Wildman–Crippen LogP) is 0.727. The number of nitrogens with two attached hydrogens (primary N) is 1. The van der Waals surface area contributed by atoms with Crippen LogP contribution in [0.4, 0.5) is 0 Å². The molecule has 2 saturated heterocycles. The first-order chi connectivity index (χ1) is 7.58. The third kappa shape index (κ3) is 2.38. The number of amidine groups is 1. The third-order valence-electron chi connectivity index (χ3n) is 4.11. The summed E-state index contributed by atoms with van der Waals surface area (Å²) >= 11 is 0. The van der Waals surface area contributed by atoms with Crippen molar-refractivity contribution in [3.05, 3.63) is 0 Å². The number of nitrogens with zero attached hydrogens (tertiary/aromatic N) is 2. The highest BCUT2D eigenvalue weighted by Crippen LogP contribution is 2.24. The molecule has 3 unspecified atom stereocenters. The van der Waals surface area contributed by atoms with Crippen LogP contribution in [0, 0.1) is 11.3 Å². The number of piperazine rings is 1. The Kier molecular flexibility index (Phi) is 3.50. The molecule has 0 bridgehead atoms. The maximum absolute atomic E-state index is 7.47. The van der Waals surface area contributed by atoms with E-state index in [0.717, 1.165) is 12.6 Å². The maximum Gasteiger partial charge on any atom is 0.0947 e. The van der Waals surface area contributed by atoms with Crippen molar-refractivity contribution >= 4 is 5.84 Å². The topological polar surface area (TPSA) is 56.4 Å². The van der Waals surface area contributed by atoms with Gasteiger partial charge in [-0.25, -0.2) is 0 Å². The van der Waals surface area contributed by atoms with Crippen LogP contribution in [-0.2, 0) is 0 Å². The lowest BCUT2D eigenvalue weighted by atomic mass is 10.0. The maximum atomic E-state index is 7.47. The van der Waals surface area contributed by atoms with E-state index in [-0.39, 0.29) is 5.92 Å². The molecule has 2 fully saturated rings. The Balaban J connectivity index is 1.92. The van der Waals surface area contributed by atoms with Crippen LogP contribution in [0.1, 0.15) is 26.7 Å². The second-order valence-electron chi connectivity index (χ2n) is 5.45. The van der Waals surface area contributed by atoms with Crippen LogP contribution in [0.25, 0.3) is 0 Å². The van der Waals surface area contributed by atoms with Crippen LogP contribution >= 0.6 is 0 Å². The van der Waals surface area contributed by atoms with Gasteiger partial charge in [0.1, 0.15) is 0 Å². The van der Waals surface area contributed by atoms with Crippen molar-refractivity contribution in [3.8, 4) is 0 Å². The van der Waals surface area contributed by atoms with E-state index < -0.39 is 0 Å². The SMILES string of the molecule is CC(CN1CC2CCCN2CC1C)C(=N)N. The second kappa shape index (κ2) is 4.72. The van der Waals surface area contributed by atoms with Gasteiger partial charge in [0.15, 0.2) is 0 Å². The number of rotatable bonds is 3. The first-order valence-corrected chi connectivity index (χ1v) is 6.40. The molecule has 3 atom stereocenters. The van der Waals surface area contributed by atoms with Gasteiger partial charge in [-0.3, -0.25) is 15.2 Å². The molecule has 3 N–H and O–H groups in total. The molecule has 0 spiro atoms. The molecule has 0 amide bonds. The van der Waals surface area contributed by atoms with Gasteiger partial charge in [-0.2, -0.15) is 0 Å². The first-order valence-electron chi connectivity index (χ1n) is 6.40. The van der Waals surface area contributed by atoms with Crippen molar-refractivity contribution in [1.82, 2.24) is 9.80 Å². The Morgan fingerprint density at radius 2 is 2.25 bits per heavy atom. The van der Waals surface area contributed by atoms with Crippen LogP contribution in [0.3, 0.4) is 0 Å². The molecule has 2 aliphatic rings. The quantitative estimate of drug-likeness (QED) is 0.549. The van der Waals surface area contributed by atoms with Gasteiger partial charge in [0.2, 0.25) is 0 Å². The molecule has 2 heterocycles. The minimum absolute atomic E-state index is 0.190. The smallest absolute Gasteiger partial charge is 0.0947 e. The number of nitrogens with one attached hydrogen (secondary N) is 1. The summed E-state index contributed by atoms with van der Waals surface area (Å²) in [7, 11) is 0. The van der Waals surface area contributed by atoms with Crippen LogP contribution in [0.5, 0.6) is 0 Å². The summed E-state index contributed by atoms with van der Waals surface area (Å²) in [6.45, 7) is 8.93. The van der Waals surface area contributed by atoms with Crippen LogP contribution in [-0.4, -0.2) is 53.9 Å². The van der Waals surface area contributed by atoms with Crippen molar-refractivity contribution in [2.75, 3.05) is 26.2 Å². The molecule has 4 nitrogen and oxygen atoms in total. The Morgan fingerprint density at radius 3 is 2.94 bits per heavy atom. The van der Waals surface area contributed by atoms with Crippen molar-refractivity contribution in [3.63, 3.8) is 0 Å². The molecule has 2 aliphatic heterocycles. The number of hydrogen-bond donors (Lipinski definition) is 2. The molecule has 0 aromatic heterocycles. The zero-order valence-corrected chi connectivity index (χ0v) is 10.4. The fourth-order valence-corrected chi connectivity index (χ4v) is 2.95. The molecular weight excluding hydrogens is 200 g/mol. The van der Waals surface area contributed by atoms with Crippen LogP contribution < -0.4 is 5.73 Å². The van der Waals surface area contributed by atoms with E-state index in [2.05, 4.69) is 23.6 Å². The highest BCUT2D eigenvalue weighted by molar-refractivity contribution is 5.79. The fourth-order valence-electron chi connectivity index (χ4n) is 2.95. The van der Waals surface area contributed by atoms with E-state index in [9.17, 15) is 0 Å². The summed E-state index contributed by atoms with van der Waals surface area (Å²) in [5.41, 5.74) is 5.55. The highest BCUT2D eigenvalue weighted by Gasteiger charge is 2.34. The lowest BCUT2D eigenvalue weighted by Crippen LogP contribution is -2.56. The molecule has 16 heavy (non-hydrogen) atoms. The van der Waals surface area contributed by atoms with Crippen molar-refractivity contribution < 1.29 is 0 Å². The normalized spacial score (nSPS) is 33.6. The number of hydrogen-bond acceptors (Lipinski definition) is 3. The van der Waals surface area contributed by atoms with Gasteiger partial charge in [0, 0.05) is 37.6 Å². The van der Waals surface area contributed by atoms with Gasteiger partial charge >= 0.3 is 0 Å². The zero-order chi connectivity index (χ0) is 11.7. The highest BCUT2D eigenvalue weighted by atomic mass is 15.3. The molecule has 0 radical (unpaired) electrons. The standard InChI is InChI=1S/C12H24N4/c1-9(12(13)14)6-16-8-11-4-3-5-15(11)7-10(16)2/h9-11H,3-8H2,1-2H3,(H3,13,14). The van der Waals surface area contributed by atoms with E-state index in [0.29, 0.717) is 11.9 Å². The predicted molar refractivity (Wildman–Crippen MR) is 66.7 cm³/mol. The Morgan fingerprint density at radius 1 is 1.50 bits per heavy atom. The average molecular weight is 224 g/mol. The largest absolute Gasteiger partial charge is 0.387 e. The zero-order valence-electron chi connectivity index (χ0n) is 10.4.